The van der Waals surface area contributed by atoms with Gasteiger partial charge in [-0.2, -0.15) is 0 Å². The lowest BCUT2D eigenvalue weighted by molar-refractivity contribution is -0.136. The maximum atomic E-state index is 11.1. The minimum Gasteiger partial charge on any atom is -0.507 e. The zero-order chi connectivity index (χ0) is 17.8. The Hall–Kier alpha value is -1.51. The van der Waals surface area contributed by atoms with Crippen molar-refractivity contribution in [2.45, 2.75) is 84.5 Å². The molecule has 0 aliphatic carbocycles. The Morgan fingerprint density at radius 2 is 1.61 bits per heavy atom. The lowest BCUT2D eigenvalue weighted by Gasteiger charge is -2.31. The van der Waals surface area contributed by atoms with E-state index in [0.717, 1.165) is 36.0 Å². The third-order valence-corrected chi connectivity index (χ3v) is 4.47. The van der Waals surface area contributed by atoms with E-state index in [1.54, 1.807) is 0 Å². The third kappa shape index (κ3) is 5.26. The highest BCUT2D eigenvalue weighted by atomic mass is 16.4. The summed E-state index contributed by atoms with van der Waals surface area (Å²) in [4.78, 5) is 11.1. The highest BCUT2D eigenvalue weighted by molar-refractivity contribution is 5.71. The number of aliphatic carboxylic acids is 1. The molecule has 3 heteroatoms. The number of unbranched alkanes of at least 4 members (excludes halogenated alkanes) is 2. The van der Waals surface area contributed by atoms with Gasteiger partial charge in [-0.25, -0.2) is 0 Å². The minimum absolute atomic E-state index is 0.0125. The minimum atomic E-state index is -0.842. The monoisotopic (exact) mass is 320 g/mol. The van der Waals surface area contributed by atoms with Crippen LogP contribution in [0.4, 0.5) is 0 Å². The molecule has 1 aromatic carbocycles. The number of phenols is 1. The van der Waals surface area contributed by atoms with Crippen LogP contribution in [0.25, 0.3) is 0 Å². The molecule has 130 valence electrons. The van der Waals surface area contributed by atoms with Crippen LogP contribution in [0.15, 0.2) is 12.1 Å². The predicted octanol–water partition coefficient (Wildman–Crippen LogP) is 5.17. The Balaban J connectivity index is 3.36. The summed E-state index contributed by atoms with van der Waals surface area (Å²) < 4.78 is 0. The first-order valence-corrected chi connectivity index (χ1v) is 8.57. The molecule has 0 bridgehead atoms. The molecule has 0 saturated heterocycles. The molecule has 0 aliphatic rings. The summed E-state index contributed by atoms with van der Waals surface area (Å²) in [7, 11) is 0. The zero-order valence-corrected chi connectivity index (χ0v) is 15.5. The molecule has 23 heavy (non-hydrogen) atoms. The molecule has 0 aliphatic heterocycles. The van der Waals surface area contributed by atoms with Crippen molar-refractivity contribution in [1.82, 2.24) is 0 Å². The summed E-state index contributed by atoms with van der Waals surface area (Å²) in [5, 5.41) is 20.0. The summed E-state index contributed by atoms with van der Waals surface area (Å²) in [6.45, 7) is 12.6. The smallest absolute Gasteiger partial charge is 0.307 e. The van der Waals surface area contributed by atoms with E-state index in [1.165, 1.54) is 6.42 Å². The molecule has 3 nitrogen and oxygen atoms in total. The molecule has 1 aromatic rings. The average molecular weight is 320 g/mol. The summed E-state index contributed by atoms with van der Waals surface area (Å²) >= 11 is 0. The van der Waals surface area contributed by atoms with Gasteiger partial charge in [0.25, 0.3) is 0 Å². The van der Waals surface area contributed by atoms with Crippen molar-refractivity contribution >= 4 is 5.97 Å². The number of hydrogen-bond acceptors (Lipinski definition) is 2. The van der Waals surface area contributed by atoms with Gasteiger partial charge in [0.15, 0.2) is 0 Å². The van der Waals surface area contributed by atoms with Gasteiger partial charge < -0.3 is 10.2 Å². The number of rotatable bonds is 7. The van der Waals surface area contributed by atoms with Crippen molar-refractivity contribution in [3.63, 3.8) is 0 Å². The fourth-order valence-corrected chi connectivity index (χ4v) is 3.01. The molecule has 0 heterocycles. The summed E-state index contributed by atoms with van der Waals surface area (Å²) in [5.41, 5.74) is 2.06. The van der Waals surface area contributed by atoms with Crippen molar-refractivity contribution in [3.05, 3.63) is 28.8 Å². The number of aromatic hydroxyl groups is 1. The van der Waals surface area contributed by atoms with Gasteiger partial charge in [-0.3, -0.25) is 4.79 Å². The summed E-state index contributed by atoms with van der Waals surface area (Å²) in [6, 6.07) is 3.72. The van der Waals surface area contributed by atoms with E-state index in [-0.39, 0.29) is 17.3 Å². The largest absolute Gasteiger partial charge is 0.507 e. The van der Waals surface area contributed by atoms with Gasteiger partial charge in [0.2, 0.25) is 0 Å². The number of benzene rings is 1. The SMILES string of the molecule is CCCCCC(C)(C)c1cc(CC(=O)O)cc(C(C)(C)C)c1O. The Bertz CT molecular complexity index is 551. The molecule has 0 amide bonds. The van der Waals surface area contributed by atoms with Crippen molar-refractivity contribution in [2.75, 3.05) is 0 Å². The Morgan fingerprint density at radius 3 is 2.09 bits per heavy atom. The topological polar surface area (TPSA) is 57.5 Å². The maximum Gasteiger partial charge on any atom is 0.307 e. The van der Waals surface area contributed by atoms with Crippen LogP contribution in [-0.2, 0) is 22.0 Å². The Kier molecular flexibility index (Phi) is 6.26. The summed E-state index contributed by atoms with van der Waals surface area (Å²) in [6.07, 6.45) is 4.41. The van der Waals surface area contributed by atoms with E-state index in [9.17, 15) is 9.90 Å². The van der Waals surface area contributed by atoms with E-state index < -0.39 is 5.97 Å². The lowest BCUT2D eigenvalue weighted by atomic mass is 9.75. The highest BCUT2D eigenvalue weighted by Crippen LogP contribution is 2.42. The van der Waals surface area contributed by atoms with E-state index in [4.69, 9.17) is 5.11 Å². The van der Waals surface area contributed by atoms with Crippen LogP contribution in [0.2, 0.25) is 0 Å². The van der Waals surface area contributed by atoms with Gasteiger partial charge in [0.05, 0.1) is 6.42 Å². The Labute approximate surface area is 140 Å². The van der Waals surface area contributed by atoms with Crippen LogP contribution in [-0.4, -0.2) is 16.2 Å². The zero-order valence-electron chi connectivity index (χ0n) is 15.5. The quantitative estimate of drug-likeness (QED) is 0.681. The second-order valence-electron chi connectivity index (χ2n) is 8.20. The second-order valence-corrected chi connectivity index (χ2v) is 8.20. The van der Waals surface area contributed by atoms with Gasteiger partial charge in [-0.05, 0) is 28.4 Å². The fraction of sp³-hybridized carbons (Fsp3) is 0.650. The van der Waals surface area contributed by atoms with Crippen molar-refractivity contribution < 1.29 is 15.0 Å². The number of carbonyl (C=O) groups is 1. The molecule has 0 spiro atoms. The van der Waals surface area contributed by atoms with Crippen molar-refractivity contribution in [1.29, 1.82) is 0 Å². The van der Waals surface area contributed by atoms with Crippen LogP contribution in [0.5, 0.6) is 5.75 Å². The van der Waals surface area contributed by atoms with E-state index in [0.29, 0.717) is 5.75 Å². The predicted molar refractivity (Wildman–Crippen MR) is 95.3 cm³/mol. The van der Waals surface area contributed by atoms with Crippen LogP contribution in [0.3, 0.4) is 0 Å². The van der Waals surface area contributed by atoms with Gasteiger partial charge in [-0.1, -0.05) is 72.9 Å². The molecule has 0 radical (unpaired) electrons. The van der Waals surface area contributed by atoms with Gasteiger partial charge >= 0.3 is 5.97 Å². The molecule has 1 rings (SSSR count). The highest BCUT2D eigenvalue weighted by Gasteiger charge is 2.29. The van der Waals surface area contributed by atoms with Gasteiger partial charge in [0.1, 0.15) is 5.75 Å². The molecule has 0 fully saturated rings. The van der Waals surface area contributed by atoms with Crippen molar-refractivity contribution in [2.24, 2.45) is 0 Å². The first kappa shape index (κ1) is 19.5. The first-order chi connectivity index (χ1) is 10.5. The molecule has 0 aromatic heterocycles. The van der Waals surface area contributed by atoms with Crippen molar-refractivity contribution in [3.8, 4) is 5.75 Å². The van der Waals surface area contributed by atoms with E-state index >= 15 is 0 Å². The number of carboxylic acids is 1. The lowest BCUT2D eigenvalue weighted by Crippen LogP contribution is -2.21. The number of phenolic OH excluding ortho intramolecular Hbond substituents is 1. The average Bonchev–Trinajstić information content (AvgIpc) is 2.38. The molecule has 2 N–H and O–H groups in total. The molecule has 0 saturated carbocycles. The van der Waals surface area contributed by atoms with E-state index in [1.807, 2.05) is 32.9 Å². The summed E-state index contributed by atoms with van der Waals surface area (Å²) in [5.74, 6) is -0.515. The molecule has 0 unspecified atom stereocenters. The number of carboxylic acid groups (broad SMARTS) is 1. The van der Waals surface area contributed by atoms with E-state index in [2.05, 4.69) is 20.8 Å². The molecular weight excluding hydrogens is 288 g/mol. The second kappa shape index (κ2) is 7.37. The van der Waals surface area contributed by atoms with Crippen LogP contribution in [0.1, 0.15) is 83.9 Å². The first-order valence-electron chi connectivity index (χ1n) is 8.57. The van der Waals surface area contributed by atoms with Crippen LogP contribution in [0, 0.1) is 0 Å². The van der Waals surface area contributed by atoms with Crippen LogP contribution >= 0.6 is 0 Å². The van der Waals surface area contributed by atoms with Gasteiger partial charge in [-0.15, -0.1) is 0 Å². The molecule has 0 atom stereocenters. The maximum absolute atomic E-state index is 11.1. The normalized spacial score (nSPS) is 12.4. The third-order valence-electron chi connectivity index (χ3n) is 4.47. The van der Waals surface area contributed by atoms with Crippen LogP contribution < -0.4 is 0 Å². The van der Waals surface area contributed by atoms with Gasteiger partial charge in [0, 0.05) is 5.56 Å². The fourth-order valence-electron chi connectivity index (χ4n) is 3.01. The standard InChI is InChI=1S/C20H32O3/c1-7-8-9-10-20(5,6)16-12-14(13-17(21)22)11-15(18(16)23)19(2,3)4/h11-12,23H,7-10,13H2,1-6H3,(H,21,22). The molecular formula is C20H32O3. The Morgan fingerprint density at radius 1 is 1.04 bits per heavy atom. The number of hydrogen-bond donors (Lipinski definition) is 2.